The van der Waals surface area contributed by atoms with E-state index in [9.17, 15) is 0 Å². The molecule has 0 saturated heterocycles. The zero-order valence-corrected chi connectivity index (χ0v) is 6.36. The van der Waals surface area contributed by atoms with Crippen LogP contribution in [0.4, 0.5) is 0 Å². The van der Waals surface area contributed by atoms with Gasteiger partial charge in [-0.25, -0.2) is 0 Å². The third kappa shape index (κ3) is 11.3. The zero-order chi connectivity index (χ0) is 2.12. The van der Waals surface area contributed by atoms with Crippen molar-refractivity contribution >= 4 is 34.0 Å². The fourth-order valence-corrected chi connectivity index (χ4v) is 0. The van der Waals surface area contributed by atoms with Gasteiger partial charge < -0.3 is 0 Å². The van der Waals surface area contributed by atoms with Crippen molar-refractivity contribution in [1.82, 2.24) is 0 Å². The Bertz CT molecular complexity index is 9.61. The first-order valence-electron chi connectivity index (χ1n) is 1.50. The molecule has 1 saturated carbocycles. The van der Waals surface area contributed by atoms with Crippen LogP contribution in [-0.4, -0.2) is 0 Å². The van der Waals surface area contributed by atoms with E-state index in [1.165, 1.54) is 19.3 Å². The Balaban J connectivity index is 0. The summed E-state index contributed by atoms with van der Waals surface area (Å²) in [7, 11) is 0. The molecule has 0 aromatic heterocycles. The molecule has 1 fully saturated rings. The standard InChI is InChI=1S/C3H6.2BrH/c1-2-3-1;;/h1-3H2;2*1H. The van der Waals surface area contributed by atoms with E-state index in [1.54, 1.807) is 0 Å². The molecule has 0 radical (unpaired) electrons. The topological polar surface area (TPSA) is 0 Å². The summed E-state index contributed by atoms with van der Waals surface area (Å²) < 4.78 is 0. The van der Waals surface area contributed by atoms with Crippen molar-refractivity contribution in [3.63, 3.8) is 0 Å². The van der Waals surface area contributed by atoms with Crippen molar-refractivity contribution in [3.05, 3.63) is 0 Å². The Labute approximate surface area is 53.5 Å². The quantitative estimate of drug-likeness (QED) is 0.567. The van der Waals surface area contributed by atoms with Crippen LogP contribution in [0.1, 0.15) is 19.3 Å². The summed E-state index contributed by atoms with van der Waals surface area (Å²) in [5.74, 6) is 0. The van der Waals surface area contributed by atoms with Crippen LogP contribution in [0.5, 0.6) is 0 Å². The Kier molecular flexibility index (Phi) is 9.28. The molecule has 1 rings (SSSR count). The molecule has 0 unspecified atom stereocenters. The second-order valence-corrected chi connectivity index (χ2v) is 1.06. The summed E-state index contributed by atoms with van der Waals surface area (Å²) in [6, 6.07) is 0. The molecule has 0 aromatic rings. The summed E-state index contributed by atoms with van der Waals surface area (Å²) in [4.78, 5) is 0. The molecule has 5 heavy (non-hydrogen) atoms. The highest BCUT2D eigenvalue weighted by molar-refractivity contribution is 8.93. The van der Waals surface area contributed by atoms with Crippen LogP contribution in [0.25, 0.3) is 0 Å². The SMILES string of the molecule is Br.Br.C1CC1. The van der Waals surface area contributed by atoms with Crippen molar-refractivity contribution in [1.29, 1.82) is 0 Å². The Morgan fingerprint density at radius 2 is 0.800 bits per heavy atom. The minimum absolute atomic E-state index is 0. The monoisotopic (exact) mass is 202 g/mol. The van der Waals surface area contributed by atoms with Crippen LogP contribution in [-0.2, 0) is 0 Å². The van der Waals surface area contributed by atoms with Crippen molar-refractivity contribution in [2.45, 2.75) is 19.3 Å². The van der Waals surface area contributed by atoms with E-state index in [0.29, 0.717) is 0 Å². The summed E-state index contributed by atoms with van der Waals surface area (Å²) in [6.45, 7) is 0. The maximum Gasteiger partial charge on any atom is -0.0533 e. The minimum atomic E-state index is 0. The molecule has 0 nitrogen and oxygen atoms in total. The molecule has 0 atom stereocenters. The molecule has 0 heterocycles. The Morgan fingerprint density at radius 1 is 0.600 bits per heavy atom. The molecular weight excluding hydrogens is 196 g/mol. The van der Waals surface area contributed by atoms with Gasteiger partial charge in [0.25, 0.3) is 0 Å². The second-order valence-electron chi connectivity index (χ2n) is 1.06. The van der Waals surface area contributed by atoms with Gasteiger partial charge in [0.15, 0.2) is 0 Å². The molecule has 2 heteroatoms. The normalized spacial score (nSPS) is 14.4. The van der Waals surface area contributed by atoms with Crippen molar-refractivity contribution < 1.29 is 0 Å². The van der Waals surface area contributed by atoms with Gasteiger partial charge in [-0.1, -0.05) is 19.3 Å². The molecule has 1 aliphatic carbocycles. The van der Waals surface area contributed by atoms with E-state index in [-0.39, 0.29) is 34.0 Å². The van der Waals surface area contributed by atoms with Gasteiger partial charge in [-0.2, -0.15) is 0 Å². The fraction of sp³-hybridized carbons (Fsp3) is 1.00. The molecule has 0 bridgehead atoms. The van der Waals surface area contributed by atoms with Crippen molar-refractivity contribution in [3.8, 4) is 0 Å². The van der Waals surface area contributed by atoms with Gasteiger partial charge in [0, 0.05) is 0 Å². The number of rotatable bonds is 0. The van der Waals surface area contributed by atoms with Crippen LogP contribution in [0.2, 0.25) is 0 Å². The van der Waals surface area contributed by atoms with Crippen LogP contribution >= 0.6 is 34.0 Å². The summed E-state index contributed by atoms with van der Waals surface area (Å²) in [5.41, 5.74) is 0. The lowest BCUT2D eigenvalue weighted by Crippen LogP contribution is -0.856. The van der Waals surface area contributed by atoms with Gasteiger partial charge in [0.1, 0.15) is 0 Å². The van der Waals surface area contributed by atoms with E-state index >= 15 is 0 Å². The highest BCUT2D eigenvalue weighted by atomic mass is 79.9. The van der Waals surface area contributed by atoms with E-state index in [0.717, 1.165) is 0 Å². The largest absolute Gasteiger partial charge is 0.114 e. The van der Waals surface area contributed by atoms with Crippen molar-refractivity contribution in [2.75, 3.05) is 0 Å². The molecule has 0 spiro atoms. The summed E-state index contributed by atoms with van der Waals surface area (Å²) in [6.07, 6.45) is 4.50. The van der Waals surface area contributed by atoms with E-state index < -0.39 is 0 Å². The molecule has 0 aliphatic heterocycles. The predicted octanol–water partition coefficient (Wildman–Crippen LogP) is 2.33. The summed E-state index contributed by atoms with van der Waals surface area (Å²) >= 11 is 0. The predicted molar refractivity (Wildman–Crippen MR) is 34.5 cm³/mol. The third-order valence-corrected chi connectivity index (χ3v) is 0.354. The van der Waals surface area contributed by atoms with Gasteiger partial charge in [-0.3, -0.25) is 0 Å². The average molecular weight is 204 g/mol. The fourth-order valence-electron chi connectivity index (χ4n) is 0. The Morgan fingerprint density at radius 3 is 0.800 bits per heavy atom. The molecule has 1 aliphatic rings. The lowest BCUT2D eigenvalue weighted by molar-refractivity contribution is 1.50. The number of hydrogen-bond acceptors (Lipinski definition) is 0. The van der Waals surface area contributed by atoms with Gasteiger partial charge in [-0.05, 0) is 0 Å². The third-order valence-electron chi connectivity index (χ3n) is 0.354. The smallest absolute Gasteiger partial charge is 0.0533 e. The highest BCUT2D eigenvalue weighted by Gasteiger charge is 1.95. The van der Waals surface area contributed by atoms with Gasteiger partial charge in [0.2, 0.25) is 0 Å². The van der Waals surface area contributed by atoms with Crippen LogP contribution < -0.4 is 0 Å². The van der Waals surface area contributed by atoms with Gasteiger partial charge in [0.05, 0.1) is 0 Å². The van der Waals surface area contributed by atoms with Crippen molar-refractivity contribution in [2.24, 2.45) is 0 Å². The molecule has 0 aromatic carbocycles. The maximum atomic E-state index is 1.50. The lowest BCUT2D eigenvalue weighted by Gasteiger charge is -1.05. The van der Waals surface area contributed by atoms with Gasteiger partial charge in [-0.15, -0.1) is 34.0 Å². The number of halogens is 2. The first-order chi connectivity index (χ1) is 1.50. The van der Waals surface area contributed by atoms with E-state index in [2.05, 4.69) is 0 Å². The molecule has 34 valence electrons. The van der Waals surface area contributed by atoms with Crippen LogP contribution in [0.3, 0.4) is 0 Å². The second kappa shape index (κ2) is 4.96. The first-order valence-corrected chi connectivity index (χ1v) is 1.50. The minimum Gasteiger partial charge on any atom is -0.114 e. The maximum absolute atomic E-state index is 1.50. The van der Waals surface area contributed by atoms with E-state index in [4.69, 9.17) is 0 Å². The average Bonchev–Trinajstić information content (AvgIpc) is 1.46. The Hall–Kier alpha value is 0.960. The lowest BCUT2D eigenvalue weighted by atomic mass is 11.0. The molecule has 0 amide bonds. The first kappa shape index (κ1) is 9.35. The zero-order valence-electron chi connectivity index (χ0n) is 2.94. The van der Waals surface area contributed by atoms with Crippen LogP contribution in [0, 0.1) is 0 Å². The van der Waals surface area contributed by atoms with Gasteiger partial charge >= 0.3 is 0 Å². The van der Waals surface area contributed by atoms with E-state index in [1.807, 2.05) is 0 Å². The highest BCUT2D eigenvalue weighted by Crippen LogP contribution is 2.14. The molecule has 0 N–H and O–H groups in total. The molecular formula is C3H8Br2. The number of hydrogen-bond donors (Lipinski definition) is 0. The van der Waals surface area contributed by atoms with Crippen LogP contribution in [0.15, 0.2) is 0 Å². The summed E-state index contributed by atoms with van der Waals surface area (Å²) in [5, 5.41) is 0.